The van der Waals surface area contributed by atoms with Crippen LogP contribution in [0.1, 0.15) is 18.4 Å². The second-order valence-corrected chi connectivity index (χ2v) is 11.3. The fourth-order valence-electron chi connectivity index (χ4n) is 10.5. The van der Waals surface area contributed by atoms with E-state index in [0.717, 1.165) is 12.8 Å². The van der Waals surface area contributed by atoms with Crippen LogP contribution in [0.2, 0.25) is 0 Å². The summed E-state index contributed by atoms with van der Waals surface area (Å²) in [6.45, 7) is 0.0871. The van der Waals surface area contributed by atoms with Gasteiger partial charge in [-0.15, -0.1) is 0 Å². The minimum Gasteiger partial charge on any atom is -0.394 e. The van der Waals surface area contributed by atoms with Crippen molar-refractivity contribution in [2.75, 3.05) is 26.4 Å². The number of ketones is 1. The van der Waals surface area contributed by atoms with Crippen molar-refractivity contribution in [3.63, 3.8) is 0 Å². The van der Waals surface area contributed by atoms with Crippen LogP contribution >= 0.6 is 0 Å². The molecule has 1 aromatic rings. The summed E-state index contributed by atoms with van der Waals surface area (Å²) >= 11 is 0. The van der Waals surface area contributed by atoms with E-state index in [1.807, 2.05) is 6.07 Å². The Balaban J connectivity index is 1.32. The Morgan fingerprint density at radius 3 is 2.52 bits per heavy atom. The number of benzene rings is 1. The van der Waals surface area contributed by atoms with Crippen LogP contribution in [0.25, 0.3) is 5.57 Å². The molecule has 33 heavy (non-hydrogen) atoms. The van der Waals surface area contributed by atoms with Crippen molar-refractivity contribution in [3.05, 3.63) is 42.0 Å². The lowest BCUT2D eigenvalue weighted by Gasteiger charge is -2.70. The minimum atomic E-state index is -0.651. The van der Waals surface area contributed by atoms with Gasteiger partial charge in [0.25, 0.3) is 0 Å². The number of ether oxygens (including phenoxy) is 3. The van der Waals surface area contributed by atoms with E-state index >= 15 is 0 Å². The number of hydrogen-bond donors (Lipinski definition) is 2. The predicted octanol–water partition coefficient (Wildman–Crippen LogP) is 1.90. The molecule has 1 heterocycles. The van der Waals surface area contributed by atoms with Crippen LogP contribution in [-0.2, 0) is 19.0 Å². The number of hydrogen-bond acceptors (Lipinski definition) is 6. The lowest BCUT2D eigenvalue weighted by atomic mass is 9.34. The van der Waals surface area contributed by atoms with Crippen molar-refractivity contribution < 1.29 is 29.2 Å². The number of fused-ring (bicyclic) bond motifs is 3. The smallest absolute Gasteiger partial charge is 0.162 e. The van der Waals surface area contributed by atoms with Crippen LogP contribution in [0.5, 0.6) is 0 Å². The Morgan fingerprint density at radius 2 is 1.79 bits per heavy atom. The third kappa shape index (κ3) is 1.88. The van der Waals surface area contributed by atoms with Crippen molar-refractivity contribution in [1.82, 2.24) is 0 Å². The lowest BCUT2D eigenvalue weighted by Crippen LogP contribution is -2.79. The van der Waals surface area contributed by atoms with Crippen LogP contribution < -0.4 is 0 Å². The summed E-state index contributed by atoms with van der Waals surface area (Å²) in [4.78, 5) is 14.4. The zero-order chi connectivity index (χ0) is 22.1. The number of rotatable bonds is 8. The van der Waals surface area contributed by atoms with E-state index in [1.54, 1.807) is 0 Å². The Bertz CT molecular complexity index is 1050. The molecule has 1 saturated heterocycles. The number of allylic oxidation sites excluding steroid dienone is 1. The molecule has 1 aliphatic heterocycles. The van der Waals surface area contributed by atoms with Crippen molar-refractivity contribution >= 4 is 11.4 Å². The van der Waals surface area contributed by atoms with Gasteiger partial charge in [-0.2, -0.15) is 0 Å². The molecule has 7 aliphatic rings. The topological polar surface area (TPSA) is 85.2 Å². The Morgan fingerprint density at radius 1 is 1.03 bits per heavy atom. The maximum absolute atomic E-state index is 14.4. The van der Waals surface area contributed by atoms with Gasteiger partial charge in [0, 0.05) is 17.8 Å². The molecule has 0 amide bonds. The number of carbonyl (C=O) groups excluding carboxylic acids is 1. The monoisotopic (exact) mass is 450 g/mol. The van der Waals surface area contributed by atoms with Gasteiger partial charge in [-0.3, -0.25) is 4.79 Å². The van der Waals surface area contributed by atoms with E-state index in [9.17, 15) is 15.0 Å². The summed E-state index contributed by atoms with van der Waals surface area (Å²) in [5, 5.41) is 19.1. The van der Waals surface area contributed by atoms with E-state index in [2.05, 4.69) is 30.3 Å². The molecule has 0 radical (unpaired) electrons. The Labute approximate surface area is 192 Å². The van der Waals surface area contributed by atoms with Crippen molar-refractivity contribution in [2.24, 2.45) is 52.8 Å². The third-order valence-electron chi connectivity index (χ3n) is 10.7. The van der Waals surface area contributed by atoms with Gasteiger partial charge >= 0.3 is 0 Å². The molecule has 11 atom stereocenters. The summed E-state index contributed by atoms with van der Waals surface area (Å²) in [5.41, 5.74) is 1.49. The van der Waals surface area contributed by atoms with E-state index in [4.69, 9.17) is 14.2 Å². The van der Waals surface area contributed by atoms with Gasteiger partial charge in [-0.1, -0.05) is 36.4 Å². The summed E-state index contributed by atoms with van der Waals surface area (Å²) in [6, 6.07) is 10.5. The highest BCUT2D eigenvalue weighted by molar-refractivity contribution is 5.98. The molecule has 6 nitrogen and oxygen atoms in total. The average molecular weight is 451 g/mol. The Hall–Kier alpha value is -1.57. The van der Waals surface area contributed by atoms with E-state index in [1.165, 1.54) is 11.1 Å². The fourth-order valence-corrected chi connectivity index (χ4v) is 10.5. The zero-order valence-electron chi connectivity index (χ0n) is 18.5. The summed E-state index contributed by atoms with van der Waals surface area (Å²) in [6.07, 6.45) is 3.97. The van der Waals surface area contributed by atoms with Gasteiger partial charge in [0.2, 0.25) is 0 Å². The lowest BCUT2D eigenvalue weighted by molar-refractivity contribution is -0.329. The zero-order valence-corrected chi connectivity index (χ0v) is 18.5. The summed E-state index contributed by atoms with van der Waals surface area (Å²) < 4.78 is 19.4. The first kappa shape index (κ1) is 19.7. The van der Waals surface area contributed by atoms with Crippen molar-refractivity contribution in [2.45, 2.75) is 30.8 Å². The third-order valence-corrected chi connectivity index (χ3v) is 10.7. The van der Waals surface area contributed by atoms with E-state index in [-0.39, 0.29) is 56.2 Å². The number of carbonyl (C=O) groups is 1. The fraction of sp³-hybridized carbons (Fsp3) is 0.667. The first-order chi connectivity index (χ1) is 16.2. The molecular formula is C27H30O6. The number of Topliss-reactive ketones (excluding diaryl/α,β-unsaturated/α-hetero) is 1. The highest BCUT2D eigenvalue weighted by Crippen LogP contribution is 2.91. The maximum Gasteiger partial charge on any atom is 0.162 e. The van der Waals surface area contributed by atoms with Crippen LogP contribution in [-0.4, -0.2) is 60.4 Å². The molecule has 5 saturated carbocycles. The Kier molecular flexibility index (Phi) is 3.79. The predicted molar refractivity (Wildman–Crippen MR) is 116 cm³/mol. The second kappa shape index (κ2) is 6.35. The van der Waals surface area contributed by atoms with Gasteiger partial charge in [-0.25, -0.2) is 0 Å². The molecule has 6 aliphatic carbocycles. The van der Waals surface area contributed by atoms with Crippen LogP contribution in [0, 0.1) is 52.8 Å². The number of aliphatic hydroxyl groups excluding tert-OH is 2. The van der Waals surface area contributed by atoms with Crippen LogP contribution in [0.3, 0.4) is 0 Å². The van der Waals surface area contributed by atoms with Crippen molar-refractivity contribution in [1.29, 1.82) is 0 Å². The molecule has 0 aromatic heterocycles. The maximum atomic E-state index is 14.4. The van der Waals surface area contributed by atoms with Crippen LogP contribution in [0.4, 0.5) is 0 Å². The first-order valence-corrected chi connectivity index (χ1v) is 12.6. The van der Waals surface area contributed by atoms with Crippen molar-refractivity contribution in [3.8, 4) is 0 Å². The molecule has 8 rings (SSSR count). The van der Waals surface area contributed by atoms with Gasteiger partial charge in [0.15, 0.2) is 6.29 Å². The molecule has 6 fully saturated rings. The molecule has 174 valence electrons. The molecule has 4 bridgehead atoms. The normalized spacial score (nSPS) is 50.9. The summed E-state index contributed by atoms with van der Waals surface area (Å²) in [7, 11) is 0. The standard InChI is InChI=1S/C27H30O6/c28-6-8-31-25(32-9-7-29)22-16-11-14(10-15(16)13-4-2-1-3-5-13)27-21-18-12-17-19(23(18)33-27)24(30)26(22,27)20(17)21/h1-5,10,14,16-23,25,28-29H,6-9,11-12H2/t14-,16-,17-,18-,19-,20+,21-,22-,23+,26+,27-/m0/s1. The van der Waals surface area contributed by atoms with Gasteiger partial charge < -0.3 is 24.4 Å². The average Bonchev–Trinajstić information content (AvgIpc) is 3.52. The second-order valence-electron chi connectivity index (χ2n) is 11.3. The van der Waals surface area contributed by atoms with Crippen LogP contribution in [0.15, 0.2) is 36.4 Å². The molecule has 2 spiro atoms. The molecule has 2 N–H and O–H groups in total. The minimum absolute atomic E-state index is 0.0448. The highest BCUT2D eigenvalue weighted by Gasteiger charge is 2.98. The molecule has 0 unspecified atom stereocenters. The highest BCUT2D eigenvalue weighted by atomic mass is 16.7. The quantitative estimate of drug-likeness (QED) is 0.589. The SMILES string of the molecule is O=C1[C@H]2[C@@H]3C[C@@H]4[C@H]2O[C@@]25[C@@H]4[C@@H]3[C@@]12[C@H](C(OCCO)OCCO)[C@H]1C[C@@H]5C=C1c1ccccc1. The van der Waals surface area contributed by atoms with Gasteiger partial charge in [-0.05, 0) is 53.6 Å². The van der Waals surface area contributed by atoms with Gasteiger partial charge in [0.1, 0.15) is 5.78 Å². The summed E-state index contributed by atoms with van der Waals surface area (Å²) in [5.74, 6) is 2.51. The largest absolute Gasteiger partial charge is 0.394 e. The van der Waals surface area contributed by atoms with Gasteiger partial charge in [0.05, 0.1) is 43.5 Å². The van der Waals surface area contributed by atoms with E-state index in [0.29, 0.717) is 29.5 Å². The first-order valence-electron chi connectivity index (χ1n) is 12.6. The molecular weight excluding hydrogens is 420 g/mol. The number of aliphatic hydroxyl groups is 2. The molecule has 6 heteroatoms. The molecule has 1 aromatic carbocycles. The van der Waals surface area contributed by atoms with E-state index < -0.39 is 17.3 Å².